The van der Waals surface area contributed by atoms with E-state index in [-0.39, 0.29) is 5.91 Å². The van der Waals surface area contributed by atoms with E-state index >= 15 is 0 Å². The van der Waals surface area contributed by atoms with Crippen LogP contribution in [0.2, 0.25) is 0 Å². The molecule has 1 unspecified atom stereocenters. The van der Waals surface area contributed by atoms with Crippen LogP contribution in [0.15, 0.2) is 5.11 Å². The molecule has 0 bridgehead atoms. The van der Waals surface area contributed by atoms with Gasteiger partial charge in [0, 0.05) is 17.5 Å². The molecule has 2 aliphatic rings. The molecule has 2 saturated heterocycles. The quantitative estimate of drug-likeness (QED) is 0.411. The first-order valence-corrected chi connectivity index (χ1v) is 5.38. The Morgan fingerprint density at radius 2 is 2.13 bits per heavy atom. The number of carbonyl (C=O) groups is 1. The van der Waals surface area contributed by atoms with Crippen molar-refractivity contribution in [3.05, 3.63) is 10.4 Å². The second-order valence-corrected chi connectivity index (χ2v) is 4.02. The van der Waals surface area contributed by atoms with Crippen LogP contribution in [0.1, 0.15) is 19.3 Å². The maximum atomic E-state index is 11.8. The van der Waals surface area contributed by atoms with Gasteiger partial charge in [-0.2, -0.15) is 0 Å². The van der Waals surface area contributed by atoms with Crippen molar-refractivity contribution >= 4 is 5.91 Å². The number of likely N-dealkylation sites (tertiary alicyclic amines) is 1. The number of rotatable bonds is 2. The number of hydrogen-bond acceptors (Lipinski definition) is 3. The minimum atomic E-state index is -0.454. The first kappa shape index (κ1) is 10.3. The Labute approximate surface area is 88.3 Å². The summed E-state index contributed by atoms with van der Waals surface area (Å²) in [6, 6.07) is -0.109. The summed E-state index contributed by atoms with van der Waals surface area (Å²) >= 11 is 0. The Balaban J connectivity index is 1.99. The Hall–Kier alpha value is -1.26. The third-order valence-electron chi connectivity index (χ3n) is 3.15. The lowest BCUT2D eigenvalue weighted by molar-refractivity contribution is -0.131. The summed E-state index contributed by atoms with van der Waals surface area (Å²) in [5, 5.41) is 6.79. The zero-order chi connectivity index (χ0) is 10.7. The molecule has 0 aromatic rings. The molecule has 1 N–H and O–H groups in total. The Morgan fingerprint density at radius 1 is 1.40 bits per heavy atom. The summed E-state index contributed by atoms with van der Waals surface area (Å²) in [6.07, 6.45) is 2.69. The average molecular weight is 209 g/mol. The molecule has 15 heavy (non-hydrogen) atoms. The van der Waals surface area contributed by atoms with Crippen LogP contribution in [0.3, 0.4) is 0 Å². The van der Waals surface area contributed by atoms with Crippen molar-refractivity contribution in [1.29, 1.82) is 0 Å². The van der Waals surface area contributed by atoms with Crippen LogP contribution in [-0.4, -0.2) is 42.5 Å². The van der Waals surface area contributed by atoms with Gasteiger partial charge in [-0.15, -0.1) is 0 Å². The van der Waals surface area contributed by atoms with Crippen molar-refractivity contribution in [3.63, 3.8) is 0 Å². The van der Waals surface area contributed by atoms with Crippen LogP contribution < -0.4 is 5.32 Å². The average Bonchev–Trinajstić information content (AvgIpc) is 2.63. The first-order valence-electron chi connectivity index (χ1n) is 5.38. The fourth-order valence-corrected chi connectivity index (χ4v) is 2.34. The maximum Gasteiger partial charge on any atom is 0.231 e. The van der Waals surface area contributed by atoms with Gasteiger partial charge < -0.3 is 10.2 Å². The van der Waals surface area contributed by atoms with Crippen LogP contribution in [0.25, 0.3) is 10.4 Å². The van der Waals surface area contributed by atoms with Gasteiger partial charge in [0.15, 0.2) is 0 Å². The van der Waals surface area contributed by atoms with Gasteiger partial charge in [0.2, 0.25) is 5.91 Å². The summed E-state index contributed by atoms with van der Waals surface area (Å²) in [5.41, 5.74) is 8.32. The number of nitrogens with one attached hydrogen (secondary N) is 1. The molecule has 82 valence electrons. The Bertz CT molecular complexity index is 293. The van der Waals surface area contributed by atoms with E-state index in [1.807, 2.05) is 4.90 Å². The van der Waals surface area contributed by atoms with Crippen LogP contribution in [0, 0.1) is 0 Å². The zero-order valence-corrected chi connectivity index (χ0v) is 8.59. The fraction of sp³-hybridized carbons (Fsp3) is 0.889. The van der Waals surface area contributed by atoms with E-state index in [4.69, 9.17) is 5.53 Å². The van der Waals surface area contributed by atoms with Crippen molar-refractivity contribution in [2.24, 2.45) is 5.11 Å². The van der Waals surface area contributed by atoms with Gasteiger partial charge in [0.1, 0.15) is 6.04 Å². The highest BCUT2D eigenvalue weighted by Crippen LogP contribution is 2.21. The van der Waals surface area contributed by atoms with Gasteiger partial charge in [-0.05, 0) is 37.9 Å². The maximum absolute atomic E-state index is 11.8. The van der Waals surface area contributed by atoms with Gasteiger partial charge in [0.05, 0.1) is 0 Å². The summed E-state index contributed by atoms with van der Waals surface area (Å²) in [4.78, 5) is 16.4. The molecule has 2 rings (SSSR count). The van der Waals surface area contributed by atoms with E-state index in [9.17, 15) is 4.79 Å². The minimum absolute atomic E-state index is 0.0136. The third-order valence-corrected chi connectivity index (χ3v) is 3.15. The largest absolute Gasteiger partial charge is 0.339 e. The van der Waals surface area contributed by atoms with Crippen molar-refractivity contribution in [1.82, 2.24) is 10.2 Å². The smallest absolute Gasteiger partial charge is 0.231 e. The van der Waals surface area contributed by atoms with E-state index in [0.717, 1.165) is 32.5 Å². The van der Waals surface area contributed by atoms with E-state index < -0.39 is 6.04 Å². The van der Waals surface area contributed by atoms with E-state index in [1.54, 1.807) is 0 Å². The first-order chi connectivity index (χ1) is 7.33. The summed E-state index contributed by atoms with van der Waals surface area (Å²) in [5.74, 6) is 0.0136. The van der Waals surface area contributed by atoms with Crippen molar-refractivity contribution in [3.8, 4) is 0 Å². The predicted octanol–water partition coefficient (Wildman–Crippen LogP) is 0.650. The lowest BCUT2D eigenvalue weighted by Gasteiger charge is -2.31. The van der Waals surface area contributed by atoms with Crippen LogP contribution in [0.4, 0.5) is 0 Å². The standard InChI is InChI=1S/C9H15N5O/c10-13-12-8-3-6-14(9(8)15)7-1-4-11-5-2-7/h7-8,11H,1-6H2. The molecule has 0 radical (unpaired) electrons. The topological polar surface area (TPSA) is 81.1 Å². The molecule has 2 heterocycles. The molecular formula is C9H15N5O. The number of nitrogens with zero attached hydrogens (tertiary/aromatic N) is 4. The molecule has 0 saturated carbocycles. The number of amides is 1. The minimum Gasteiger partial charge on any atom is -0.339 e. The summed E-state index contributed by atoms with van der Waals surface area (Å²) < 4.78 is 0. The summed E-state index contributed by atoms with van der Waals surface area (Å²) in [6.45, 7) is 2.69. The van der Waals surface area contributed by atoms with Gasteiger partial charge in [-0.3, -0.25) is 4.79 Å². The molecule has 1 amide bonds. The van der Waals surface area contributed by atoms with Crippen LogP contribution in [-0.2, 0) is 4.79 Å². The zero-order valence-electron chi connectivity index (χ0n) is 8.59. The van der Waals surface area contributed by atoms with Crippen LogP contribution >= 0.6 is 0 Å². The number of hydrogen-bond donors (Lipinski definition) is 1. The van der Waals surface area contributed by atoms with Crippen molar-refractivity contribution < 1.29 is 4.79 Å². The summed E-state index contributed by atoms with van der Waals surface area (Å²) in [7, 11) is 0. The lowest BCUT2D eigenvalue weighted by Crippen LogP contribution is -2.44. The highest BCUT2D eigenvalue weighted by molar-refractivity contribution is 5.84. The second kappa shape index (κ2) is 4.51. The molecule has 0 aliphatic carbocycles. The molecule has 1 atom stereocenters. The molecule has 0 aromatic carbocycles. The van der Waals surface area contributed by atoms with E-state index in [0.29, 0.717) is 12.5 Å². The van der Waals surface area contributed by atoms with Crippen molar-refractivity contribution in [2.75, 3.05) is 19.6 Å². The molecule has 6 heteroatoms. The molecular weight excluding hydrogens is 194 g/mol. The Kier molecular flexibility index (Phi) is 3.08. The monoisotopic (exact) mass is 209 g/mol. The van der Waals surface area contributed by atoms with E-state index in [2.05, 4.69) is 15.3 Å². The highest BCUT2D eigenvalue weighted by atomic mass is 16.2. The predicted molar refractivity (Wildman–Crippen MR) is 55.2 cm³/mol. The van der Waals surface area contributed by atoms with E-state index in [1.165, 1.54) is 0 Å². The van der Waals surface area contributed by atoms with Gasteiger partial charge >= 0.3 is 0 Å². The van der Waals surface area contributed by atoms with Crippen molar-refractivity contribution in [2.45, 2.75) is 31.3 Å². The molecule has 0 aromatic heterocycles. The van der Waals surface area contributed by atoms with Gasteiger partial charge in [0.25, 0.3) is 0 Å². The molecule has 6 nitrogen and oxygen atoms in total. The fourth-order valence-electron chi connectivity index (χ4n) is 2.34. The number of piperidine rings is 1. The molecule has 2 aliphatic heterocycles. The number of carbonyl (C=O) groups excluding carboxylic acids is 1. The SMILES string of the molecule is [N-]=[N+]=NC1CCN(C2CCNCC2)C1=O. The molecule has 0 spiro atoms. The highest BCUT2D eigenvalue weighted by Gasteiger charge is 2.35. The third kappa shape index (κ3) is 2.06. The Morgan fingerprint density at radius 3 is 2.80 bits per heavy atom. The normalized spacial score (nSPS) is 27.9. The van der Waals surface area contributed by atoms with Gasteiger partial charge in [-0.1, -0.05) is 5.11 Å². The van der Waals surface area contributed by atoms with Crippen LogP contribution in [0.5, 0.6) is 0 Å². The number of azide groups is 1. The van der Waals surface area contributed by atoms with Gasteiger partial charge in [-0.25, -0.2) is 0 Å². The lowest BCUT2D eigenvalue weighted by atomic mass is 10.1. The second-order valence-electron chi connectivity index (χ2n) is 4.02. The molecule has 2 fully saturated rings.